The van der Waals surface area contributed by atoms with E-state index in [1.165, 1.54) is 30.5 Å². The molecular weight excluding hydrogens is 366 g/mol. The number of nitrogens with one attached hydrogen (secondary N) is 2. The Labute approximate surface area is 148 Å². The number of halogens is 4. The molecule has 1 atom stereocenters. The molecule has 0 fully saturated rings. The number of anilines is 1. The number of alkyl halides is 3. The fourth-order valence-corrected chi connectivity index (χ4v) is 2.95. The SMILES string of the molecule is O=c1[nH]ccc2nc(NC(c3ccco3)C(F)(F)F)c3ccc(F)cc3c12. The van der Waals surface area contributed by atoms with E-state index in [9.17, 15) is 22.4 Å². The molecule has 4 rings (SSSR count). The van der Waals surface area contributed by atoms with Gasteiger partial charge in [-0.1, -0.05) is 0 Å². The normalized spacial score (nSPS) is 13.2. The number of fused-ring (bicyclic) bond motifs is 3. The predicted molar refractivity (Wildman–Crippen MR) is 91.0 cm³/mol. The fraction of sp³-hybridized carbons (Fsp3) is 0.111. The Hall–Kier alpha value is -3.36. The lowest BCUT2D eigenvalue weighted by atomic mass is 10.1. The molecule has 0 spiro atoms. The van der Waals surface area contributed by atoms with E-state index >= 15 is 0 Å². The maximum Gasteiger partial charge on any atom is 0.415 e. The minimum absolute atomic E-state index is 0.0964. The zero-order chi connectivity index (χ0) is 19.2. The van der Waals surface area contributed by atoms with Gasteiger partial charge in [0.2, 0.25) is 0 Å². The van der Waals surface area contributed by atoms with Crippen LogP contribution in [0.25, 0.3) is 21.7 Å². The van der Waals surface area contributed by atoms with E-state index in [0.29, 0.717) is 0 Å². The second-order valence-electron chi connectivity index (χ2n) is 5.85. The predicted octanol–water partition coefficient (Wildman–Crippen LogP) is 4.52. The number of nitrogens with zero attached hydrogens (tertiary/aromatic N) is 1. The quantitative estimate of drug-likeness (QED) is 0.407. The van der Waals surface area contributed by atoms with Gasteiger partial charge in [0.1, 0.15) is 17.4 Å². The maximum atomic E-state index is 13.8. The minimum atomic E-state index is -4.67. The van der Waals surface area contributed by atoms with E-state index in [0.717, 1.165) is 18.4 Å². The summed E-state index contributed by atoms with van der Waals surface area (Å²) >= 11 is 0. The van der Waals surface area contributed by atoms with Crippen molar-refractivity contribution >= 4 is 27.5 Å². The number of H-pyrrole nitrogens is 1. The standard InChI is InChI=1S/C18H11F4N3O2/c19-9-3-4-10-11(8-9)14-12(5-6-23-17(14)26)24-16(10)25-15(18(20,21)22)13-2-1-7-27-13/h1-8,15H,(H,23,26)(H,24,25). The molecule has 0 aliphatic carbocycles. The summed E-state index contributed by atoms with van der Waals surface area (Å²) in [5.41, 5.74) is -0.375. The molecule has 1 aromatic carbocycles. The molecular formula is C18H11F4N3O2. The lowest BCUT2D eigenvalue weighted by Gasteiger charge is -2.21. The van der Waals surface area contributed by atoms with Gasteiger partial charge in [0.05, 0.1) is 17.2 Å². The van der Waals surface area contributed by atoms with E-state index in [1.54, 1.807) is 0 Å². The Morgan fingerprint density at radius 2 is 1.96 bits per heavy atom. The van der Waals surface area contributed by atoms with Gasteiger partial charge in [0.15, 0.2) is 6.04 Å². The number of aromatic amines is 1. The van der Waals surface area contributed by atoms with Gasteiger partial charge in [-0.25, -0.2) is 9.37 Å². The first-order chi connectivity index (χ1) is 12.8. The summed E-state index contributed by atoms with van der Waals surface area (Å²) < 4.78 is 59.3. The molecule has 138 valence electrons. The van der Waals surface area contributed by atoms with Crippen molar-refractivity contribution in [3.63, 3.8) is 0 Å². The lowest BCUT2D eigenvalue weighted by Crippen LogP contribution is -2.28. The third-order valence-corrected chi connectivity index (χ3v) is 4.11. The summed E-state index contributed by atoms with van der Waals surface area (Å²) in [6.45, 7) is 0. The maximum absolute atomic E-state index is 13.8. The summed E-state index contributed by atoms with van der Waals surface area (Å²) in [7, 11) is 0. The minimum Gasteiger partial charge on any atom is -0.467 e. The van der Waals surface area contributed by atoms with E-state index in [1.807, 2.05) is 0 Å². The topological polar surface area (TPSA) is 70.9 Å². The molecule has 0 aliphatic rings. The molecule has 9 heteroatoms. The van der Waals surface area contributed by atoms with Crippen LogP contribution in [0.2, 0.25) is 0 Å². The highest BCUT2D eigenvalue weighted by molar-refractivity contribution is 6.09. The number of aromatic nitrogens is 2. The molecule has 0 saturated heterocycles. The fourth-order valence-electron chi connectivity index (χ4n) is 2.95. The first-order valence-electron chi connectivity index (χ1n) is 7.82. The van der Waals surface area contributed by atoms with Crippen LogP contribution in [-0.2, 0) is 0 Å². The van der Waals surface area contributed by atoms with Crippen LogP contribution >= 0.6 is 0 Å². The van der Waals surface area contributed by atoms with E-state index < -0.39 is 23.6 Å². The monoisotopic (exact) mass is 377 g/mol. The largest absolute Gasteiger partial charge is 0.467 e. The zero-order valence-corrected chi connectivity index (χ0v) is 13.5. The van der Waals surface area contributed by atoms with Crippen molar-refractivity contribution in [2.24, 2.45) is 0 Å². The van der Waals surface area contributed by atoms with E-state index in [-0.39, 0.29) is 33.3 Å². The second-order valence-corrected chi connectivity index (χ2v) is 5.85. The van der Waals surface area contributed by atoms with Crippen molar-refractivity contribution in [2.45, 2.75) is 12.2 Å². The van der Waals surface area contributed by atoms with Gasteiger partial charge >= 0.3 is 6.18 Å². The number of benzene rings is 1. The molecule has 27 heavy (non-hydrogen) atoms. The number of furan rings is 1. The third-order valence-electron chi connectivity index (χ3n) is 4.11. The van der Waals surface area contributed by atoms with Gasteiger partial charge in [0, 0.05) is 17.0 Å². The Balaban J connectivity index is 1.97. The highest BCUT2D eigenvalue weighted by Crippen LogP contribution is 2.38. The molecule has 2 N–H and O–H groups in total. The summed E-state index contributed by atoms with van der Waals surface area (Å²) in [5, 5.41) is 2.77. The van der Waals surface area contributed by atoms with Crippen molar-refractivity contribution in [3.8, 4) is 0 Å². The zero-order valence-electron chi connectivity index (χ0n) is 13.5. The van der Waals surface area contributed by atoms with Crippen molar-refractivity contribution in [1.82, 2.24) is 9.97 Å². The van der Waals surface area contributed by atoms with Crippen molar-refractivity contribution in [1.29, 1.82) is 0 Å². The summed E-state index contributed by atoms with van der Waals surface area (Å²) in [5.74, 6) is -1.10. The van der Waals surface area contributed by atoms with Crippen molar-refractivity contribution in [2.75, 3.05) is 5.32 Å². The highest BCUT2D eigenvalue weighted by Gasteiger charge is 2.43. The number of rotatable bonds is 3. The molecule has 3 aromatic heterocycles. The molecule has 3 heterocycles. The number of hydrogen-bond acceptors (Lipinski definition) is 4. The highest BCUT2D eigenvalue weighted by atomic mass is 19.4. The number of pyridine rings is 2. The molecule has 0 amide bonds. The summed E-state index contributed by atoms with van der Waals surface area (Å²) in [4.78, 5) is 18.8. The smallest absolute Gasteiger partial charge is 0.415 e. The van der Waals surface area contributed by atoms with Gasteiger partial charge in [0.25, 0.3) is 5.56 Å². The first kappa shape index (κ1) is 17.1. The second kappa shape index (κ2) is 6.11. The van der Waals surface area contributed by atoms with Gasteiger partial charge in [-0.2, -0.15) is 13.2 Å². The Morgan fingerprint density at radius 1 is 1.15 bits per heavy atom. The molecule has 0 bridgehead atoms. The molecule has 0 radical (unpaired) electrons. The van der Waals surface area contributed by atoms with Crippen molar-refractivity contribution < 1.29 is 22.0 Å². The van der Waals surface area contributed by atoms with Crippen LogP contribution in [0, 0.1) is 5.82 Å². The third kappa shape index (κ3) is 3.01. The van der Waals surface area contributed by atoms with Crippen LogP contribution in [0.1, 0.15) is 11.8 Å². The molecule has 4 aromatic rings. The molecule has 0 saturated carbocycles. The first-order valence-corrected chi connectivity index (χ1v) is 7.82. The number of hydrogen-bond donors (Lipinski definition) is 2. The Morgan fingerprint density at radius 3 is 2.67 bits per heavy atom. The van der Waals surface area contributed by atoms with Gasteiger partial charge in [-0.3, -0.25) is 4.79 Å². The lowest BCUT2D eigenvalue weighted by molar-refractivity contribution is -0.147. The van der Waals surface area contributed by atoms with Crippen LogP contribution in [-0.4, -0.2) is 16.1 Å². The molecule has 0 aliphatic heterocycles. The van der Waals surface area contributed by atoms with Crippen LogP contribution in [0.3, 0.4) is 0 Å². The van der Waals surface area contributed by atoms with E-state index in [4.69, 9.17) is 4.42 Å². The molecule has 5 nitrogen and oxygen atoms in total. The van der Waals surface area contributed by atoms with Gasteiger partial charge < -0.3 is 14.7 Å². The summed E-state index contributed by atoms with van der Waals surface area (Å²) in [6.07, 6.45) is -2.22. The van der Waals surface area contributed by atoms with Gasteiger partial charge in [-0.15, -0.1) is 0 Å². The molecule has 1 unspecified atom stereocenters. The Kier molecular flexibility index (Phi) is 3.87. The van der Waals surface area contributed by atoms with Gasteiger partial charge in [-0.05, 0) is 36.4 Å². The Bertz CT molecular complexity index is 1180. The average molecular weight is 377 g/mol. The van der Waals surface area contributed by atoms with Crippen molar-refractivity contribution in [3.05, 3.63) is 70.8 Å². The van der Waals surface area contributed by atoms with E-state index in [2.05, 4.69) is 15.3 Å². The van der Waals surface area contributed by atoms with Crippen LogP contribution in [0.4, 0.5) is 23.4 Å². The average Bonchev–Trinajstić information content (AvgIpc) is 3.12. The van der Waals surface area contributed by atoms with Crippen LogP contribution in [0.15, 0.2) is 58.1 Å². The van der Waals surface area contributed by atoms with Crippen LogP contribution < -0.4 is 10.9 Å². The summed E-state index contributed by atoms with van der Waals surface area (Å²) in [6, 6.07) is 5.27. The van der Waals surface area contributed by atoms with Crippen LogP contribution in [0.5, 0.6) is 0 Å².